The number of rotatable bonds is 10. The van der Waals surface area contributed by atoms with Crippen molar-refractivity contribution in [2.75, 3.05) is 7.05 Å². The topological polar surface area (TPSA) is 12.0 Å². The van der Waals surface area contributed by atoms with Gasteiger partial charge in [0.05, 0.1) is 0 Å². The molecule has 1 N–H and O–H groups in total. The van der Waals surface area contributed by atoms with Crippen LogP contribution in [-0.4, -0.2) is 7.05 Å². The minimum absolute atomic E-state index is 0.494. The Hall–Kier alpha value is -0.340. The summed E-state index contributed by atoms with van der Waals surface area (Å²) in [6.45, 7) is 2.27. The van der Waals surface area contributed by atoms with Gasteiger partial charge in [0.2, 0.25) is 0 Å². The van der Waals surface area contributed by atoms with Gasteiger partial charge in [-0.2, -0.15) is 0 Å². The summed E-state index contributed by atoms with van der Waals surface area (Å²) in [5.74, 6) is 0. The summed E-state index contributed by atoms with van der Waals surface area (Å²) >= 11 is 3.55. The van der Waals surface area contributed by atoms with Gasteiger partial charge in [-0.3, -0.25) is 0 Å². The molecule has 1 aromatic rings. The van der Waals surface area contributed by atoms with E-state index in [1.165, 1.54) is 61.4 Å². The van der Waals surface area contributed by atoms with E-state index in [1.54, 1.807) is 0 Å². The molecule has 0 radical (unpaired) electrons. The van der Waals surface area contributed by atoms with E-state index in [0.717, 1.165) is 0 Å². The lowest BCUT2D eigenvalue weighted by Crippen LogP contribution is -2.16. The van der Waals surface area contributed by atoms with Crippen molar-refractivity contribution < 1.29 is 0 Å². The average molecular weight is 326 g/mol. The first kappa shape index (κ1) is 16.7. The van der Waals surface area contributed by atoms with Crippen LogP contribution in [0.25, 0.3) is 0 Å². The first-order valence-corrected chi connectivity index (χ1v) is 8.50. The molecule has 108 valence electrons. The van der Waals surface area contributed by atoms with Gasteiger partial charge in [0.25, 0.3) is 0 Å². The molecule has 0 aliphatic carbocycles. The molecule has 0 heterocycles. The second kappa shape index (κ2) is 10.4. The smallest absolute Gasteiger partial charge is 0.0317 e. The van der Waals surface area contributed by atoms with Crippen molar-refractivity contribution in [1.82, 2.24) is 5.32 Å². The van der Waals surface area contributed by atoms with Crippen molar-refractivity contribution in [2.24, 2.45) is 0 Å². The molecular formula is C17H28BrN. The molecule has 0 bridgehead atoms. The fraction of sp³-hybridized carbons (Fsp3) is 0.647. The molecule has 1 nitrogen and oxygen atoms in total. The van der Waals surface area contributed by atoms with Crippen LogP contribution in [0.2, 0.25) is 0 Å². The lowest BCUT2D eigenvalue weighted by atomic mass is 10.00. The zero-order valence-electron chi connectivity index (χ0n) is 12.4. The van der Waals surface area contributed by atoms with E-state index in [2.05, 4.69) is 59.5 Å². The Labute approximate surface area is 127 Å². The first-order chi connectivity index (χ1) is 9.27. The molecule has 0 saturated carbocycles. The third-order valence-corrected chi connectivity index (χ3v) is 4.19. The van der Waals surface area contributed by atoms with E-state index in [-0.39, 0.29) is 0 Å². The number of hydrogen-bond acceptors (Lipinski definition) is 1. The normalized spacial score (nSPS) is 12.6. The molecule has 1 aromatic carbocycles. The fourth-order valence-electron chi connectivity index (χ4n) is 2.51. The van der Waals surface area contributed by atoms with Crippen molar-refractivity contribution in [3.8, 4) is 0 Å². The Bertz CT molecular complexity index is 338. The van der Waals surface area contributed by atoms with Crippen molar-refractivity contribution in [2.45, 2.75) is 64.3 Å². The molecule has 1 rings (SSSR count). The summed E-state index contributed by atoms with van der Waals surface area (Å²) in [4.78, 5) is 0. The minimum atomic E-state index is 0.494. The molecule has 19 heavy (non-hydrogen) atoms. The zero-order chi connectivity index (χ0) is 13.9. The maximum absolute atomic E-state index is 3.55. The molecule has 0 fully saturated rings. The Morgan fingerprint density at radius 3 is 2.37 bits per heavy atom. The van der Waals surface area contributed by atoms with Gasteiger partial charge in [-0.15, -0.1) is 0 Å². The fourth-order valence-corrected chi connectivity index (χ4v) is 2.92. The Morgan fingerprint density at radius 2 is 1.74 bits per heavy atom. The number of nitrogens with one attached hydrogen (secondary N) is 1. The van der Waals surface area contributed by atoms with Crippen molar-refractivity contribution in [1.29, 1.82) is 0 Å². The molecule has 2 heteroatoms. The van der Waals surface area contributed by atoms with Gasteiger partial charge in [0, 0.05) is 10.5 Å². The molecule has 1 atom stereocenters. The monoisotopic (exact) mass is 325 g/mol. The summed E-state index contributed by atoms with van der Waals surface area (Å²) in [6.07, 6.45) is 10.9. The Kier molecular flexibility index (Phi) is 9.19. The third-order valence-electron chi connectivity index (χ3n) is 3.70. The van der Waals surface area contributed by atoms with E-state index in [9.17, 15) is 0 Å². The van der Waals surface area contributed by atoms with Gasteiger partial charge in [-0.05, 0) is 31.2 Å². The second-order valence-corrected chi connectivity index (χ2v) is 6.22. The van der Waals surface area contributed by atoms with Gasteiger partial charge in [-0.25, -0.2) is 0 Å². The molecule has 0 spiro atoms. The van der Waals surface area contributed by atoms with Crippen molar-refractivity contribution in [3.63, 3.8) is 0 Å². The lowest BCUT2D eigenvalue weighted by molar-refractivity contribution is 0.496. The quantitative estimate of drug-likeness (QED) is 0.532. The standard InChI is InChI=1S/C17H28BrN/c1-3-4-5-6-7-8-9-13-17(19-2)15-11-10-12-16(18)14-15/h10-12,14,17,19H,3-9,13H2,1-2H3. The van der Waals surface area contributed by atoms with Crippen LogP contribution >= 0.6 is 15.9 Å². The summed E-state index contributed by atoms with van der Waals surface area (Å²) in [5.41, 5.74) is 1.39. The van der Waals surface area contributed by atoms with Gasteiger partial charge in [0.1, 0.15) is 0 Å². The molecule has 0 aromatic heterocycles. The molecule has 0 saturated heterocycles. The largest absolute Gasteiger partial charge is 0.313 e. The van der Waals surface area contributed by atoms with Crippen LogP contribution < -0.4 is 5.32 Å². The highest BCUT2D eigenvalue weighted by Crippen LogP contribution is 2.23. The molecule has 1 unspecified atom stereocenters. The Morgan fingerprint density at radius 1 is 1.05 bits per heavy atom. The van der Waals surface area contributed by atoms with E-state index < -0.39 is 0 Å². The summed E-state index contributed by atoms with van der Waals surface area (Å²) < 4.78 is 1.17. The lowest BCUT2D eigenvalue weighted by Gasteiger charge is -2.16. The number of halogens is 1. The van der Waals surface area contributed by atoms with Crippen LogP contribution in [-0.2, 0) is 0 Å². The minimum Gasteiger partial charge on any atom is -0.313 e. The molecule has 0 amide bonds. The van der Waals surface area contributed by atoms with Crippen LogP contribution in [0, 0.1) is 0 Å². The third kappa shape index (κ3) is 7.12. The highest BCUT2D eigenvalue weighted by molar-refractivity contribution is 9.10. The van der Waals surface area contributed by atoms with Gasteiger partial charge < -0.3 is 5.32 Å². The predicted molar refractivity (Wildman–Crippen MR) is 88.6 cm³/mol. The molecular weight excluding hydrogens is 298 g/mol. The summed E-state index contributed by atoms with van der Waals surface area (Å²) in [5, 5.41) is 3.44. The average Bonchev–Trinajstić information content (AvgIpc) is 2.42. The van der Waals surface area contributed by atoms with Crippen LogP contribution in [0.3, 0.4) is 0 Å². The SMILES string of the molecule is CCCCCCCCCC(NC)c1cccc(Br)c1. The maximum Gasteiger partial charge on any atom is 0.0317 e. The van der Waals surface area contributed by atoms with Crippen molar-refractivity contribution in [3.05, 3.63) is 34.3 Å². The van der Waals surface area contributed by atoms with E-state index in [0.29, 0.717) is 6.04 Å². The number of hydrogen-bond donors (Lipinski definition) is 1. The maximum atomic E-state index is 3.55. The Balaban J connectivity index is 2.22. The van der Waals surface area contributed by atoms with Gasteiger partial charge in [0.15, 0.2) is 0 Å². The molecule has 0 aliphatic rings. The first-order valence-electron chi connectivity index (χ1n) is 7.70. The number of unbranched alkanes of at least 4 members (excludes halogenated alkanes) is 6. The van der Waals surface area contributed by atoms with Gasteiger partial charge >= 0.3 is 0 Å². The number of benzene rings is 1. The van der Waals surface area contributed by atoms with Crippen LogP contribution in [0.15, 0.2) is 28.7 Å². The second-order valence-electron chi connectivity index (χ2n) is 5.31. The van der Waals surface area contributed by atoms with Gasteiger partial charge in [-0.1, -0.05) is 79.9 Å². The van der Waals surface area contributed by atoms with E-state index in [1.807, 2.05) is 0 Å². The molecule has 0 aliphatic heterocycles. The summed E-state index contributed by atoms with van der Waals surface area (Å²) in [6, 6.07) is 9.14. The zero-order valence-corrected chi connectivity index (χ0v) is 14.0. The van der Waals surface area contributed by atoms with E-state index in [4.69, 9.17) is 0 Å². The van der Waals surface area contributed by atoms with Crippen LogP contribution in [0.1, 0.15) is 69.9 Å². The highest BCUT2D eigenvalue weighted by atomic mass is 79.9. The van der Waals surface area contributed by atoms with Crippen LogP contribution in [0.5, 0.6) is 0 Å². The summed E-state index contributed by atoms with van der Waals surface area (Å²) in [7, 11) is 2.06. The predicted octanol–water partition coefficient (Wildman–Crippen LogP) is 5.85. The van der Waals surface area contributed by atoms with E-state index >= 15 is 0 Å². The van der Waals surface area contributed by atoms with Crippen molar-refractivity contribution >= 4 is 15.9 Å². The van der Waals surface area contributed by atoms with Crippen LogP contribution in [0.4, 0.5) is 0 Å². The highest BCUT2D eigenvalue weighted by Gasteiger charge is 2.08.